The normalized spacial score (nSPS) is 28.5. The first-order chi connectivity index (χ1) is 7.13. The fourth-order valence-electron chi connectivity index (χ4n) is 2.12. The second-order valence-electron chi connectivity index (χ2n) is 4.49. The Kier molecular flexibility index (Phi) is 5.47. The molecule has 4 heteroatoms. The van der Waals surface area contributed by atoms with Gasteiger partial charge in [0.2, 0.25) is 5.91 Å². The average Bonchev–Trinajstić information content (AvgIpc) is 2.18. The van der Waals surface area contributed by atoms with Gasteiger partial charge in [0.1, 0.15) is 0 Å². The number of thioether (sulfide) groups is 1. The molecule has 1 rings (SSSR count). The summed E-state index contributed by atoms with van der Waals surface area (Å²) in [5, 5.41) is 3.06. The van der Waals surface area contributed by atoms with Gasteiger partial charge in [0.05, 0.1) is 0 Å². The van der Waals surface area contributed by atoms with E-state index in [2.05, 4.69) is 18.5 Å². The number of nitrogens with one attached hydrogen (secondary N) is 1. The molecule has 1 saturated carbocycles. The van der Waals surface area contributed by atoms with Crippen molar-refractivity contribution in [2.45, 2.75) is 44.7 Å². The van der Waals surface area contributed by atoms with E-state index >= 15 is 0 Å². The van der Waals surface area contributed by atoms with Crippen LogP contribution in [0.2, 0.25) is 0 Å². The second kappa shape index (κ2) is 6.38. The lowest BCUT2D eigenvalue weighted by Crippen LogP contribution is -2.42. The Morgan fingerprint density at radius 2 is 2.33 bits per heavy atom. The highest BCUT2D eigenvalue weighted by molar-refractivity contribution is 7.98. The third-order valence-electron chi connectivity index (χ3n) is 2.89. The van der Waals surface area contributed by atoms with Gasteiger partial charge in [-0.25, -0.2) is 0 Å². The van der Waals surface area contributed by atoms with E-state index < -0.39 is 0 Å². The molecule has 0 aromatic rings. The maximum absolute atomic E-state index is 11.9. The van der Waals surface area contributed by atoms with E-state index in [-0.39, 0.29) is 23.9 Å². The summed E-state index contributed by atoms with van der Waals surface area (Å²) in [4.78, 5) is 11.9. The number of rotatable bonds is 4. The van der Waals surface area contributed by atoms with Crippen LogP contribution in [-0.2, 0) is 4.79 Å². The van der Waals surface area contributed by atoms with Crippen LogP contribution in [0.25, 0.3) is 0 Å². The van der Waals surface area contributed by atoms with Crippen molar-refractivity contribution in [2.75, 3.05) is 12.0 Å². The summed E-state index contributed by atoms with van der Waals surface area (Å²) in [6.45, 7) is 2.05. The highest BCUT2D eigenvalue weighted by Crippen LogP contribution is 2.23. The Morgan fingerprint density at radius 1 is 1.60 bits per heavy atom. The molecule has 0 aromatic carbocycles. The van der Waals surface area contributed by atoms with Crippen LogP contribution in [0.4, 0.5) is 0 Å². The molecule has 3 atom stereocenters. The smallest absolute Gasteiger partial charge is 0.223 e. The lowest BCUT2D eigenvalue weighted by Gasteiger charge is -2.26. The molecule has 15 heavy (non-hydrogen) atoms. The number of nitrogens with two attached hydrogens (primary N) is 1. The summed E-state index contributed by atoms with van der Waals surface area (Å²) in [5.74, 6) is 1.33. The van der Waals surface area contributed by atoms with E-state index in [0.29, 0.717) is 0 Å². The van der Waals surface area contributed by atoms with Gasteiger partial charge >= 0.3 is 0 Å². The molecule has 0 aliphatic heterocycles. The van der Waals surface area contributed by atoms with Gasteiger partial charge in [0.25, 0.3) is 0 Å². The first-order valence-electron chi connectivity index (χ1n) is 5.68. The molecule has 1 fully saturated rings. The van der Waals surface area contributed by atoms with Crippen LogP contribution in [0.5, 0.6) is 0 Å². The van der Waals surface area contributed by atoms with Gasteiger partial charge in [-0.05, 0) is 32.4 Å². The topological polar surface area (TPSA) is 55.1 Å². The number of carbonyl (C=O) groups is 1. The molecule has 0 aromatic heterocycles. The molecule has 1 amide bonds. The molecule has 88 valence electrons. The highest BCUT2D eigenvalue weighted by atomic mass is 32.2. The molecule has 0 radical (unpaired) electrons. The van der Waals surface area contributed by atoms with Gasteiger partial charge in [0.15, 0.2) is 0 Å². The minimum Gasteiger partial charge on any atom is -0.353 e. The zero-order valence-electron chi connectivity index (χ0n) is 9.66. The van der Waals surface area contributed by atoms with Crippen LogP contribution in [0.1, 0.15) is 32.6 Å². The SMILES string of the molecule is CSCC(C)NC(=O)C1CCCC(N)C1. The Morgan fingerprint density at radius 3 is 2.93 bits per heavy atom. The fraction of sp³-hybridized carbons (Fsp3) is 0.909. The Hall–Kier alpha value is -0.220. The maximum Gasteiger partial charge on any atom is 0.223 e. The van der Waals surface area contributed by atoms with Gasteiger partial charge in [-0.1, -0.05) is 6.42 Å². The third-order valence-corrected chi connectivity index (χ3v) is 3.72. The number of hydrogen-bond donors (Lipinski definition) is 2. The molecular weight excluding hydrogens is 208 g/mol. The molecule has 1 aliphatic carbocycles. The van der Waals surface area contributed by atoms with Gasteiger partial charge in [-0.3, -0.25) is 4.79 Å². The number of hydrogen-bond acceptors (Lipinski definition) is 3. The minimum atomic E-state index is 0.151. The van der Waals surface area contributed by atoms with Gasteiger partial charge in [-0.15, -0.1) is 0 Å². The van der Waals surface area contributed by atoms with Crippen LogP contribution in [0.3, 0.4) is 0 Å². The summed E-state index contributed by atoms with van der Waals surface area (Å²) in [7, 11) is 0. The van der Waals surface area contributed by atoms with Crippen LogP contribution in [-0.4, -0.2) is 30.0 Å². The van der Waals surface area contributed by atoms with E-state index in [1.807, 2.05) is 0 Å². The summed E-state index contributed by atoms with van der Waals surface area (Å²) in [6, 6.07) is 0.496. The zero-order chi connectivity index (χ0) is 11.3. The Balaban J connectivity index is 2.32. The van der Waals surface area contributed by atoms with Crippen molar-refractivity contribution in [1.82, 2.24) is 5.32 Å². The van der Waals surface area contributed by atoms with Crippen molar-refractivity contribution in [3.05, 3.63) is 0 Å². The lowest BCUT2D eigenvalue weighted by atomic mass is 9.85. The quantitative estimate of drug-likeness (QED) is 0.767. The summed E-state index contributed by atoms with van der Waals surface area (Å²) in [6.07, 6.45) is 6.09. The molecule has 0 bridgehead atoms. The molecule has 1 aliphatic rings. The van der Waals surface area contributed by atoms with Crippen LogP contribution >= 0.6 is 11.8 Å². The maximum atomic E-state index is 11.9. The fourth-order valence-corrected chi connectivity index (χ4v) is 2.70. The Bertz CT molecular complexity index is 211. The van der Waals surface area contributed by atoms with Crippen molar-refractivity contribution in [2.24, 2.45) is 11.7 Å². The van der Waals surface area contributed by atoms with E-state index in [9.17, 15) is 4.79 Å². The molecule has 3 N–H and O–H groups in total. The molecule has 0 spiro atoms. The van der Waals surface area contributed by atoms with Crippen molar-refractivity contribution in [3.8, 4) is 0 Å². The first kappa shape index (κ1) is 12.8. The summed E-state index contributed by atoms with van der Waals surface area (Å²) < 4.78 is 0. The molecule has 3 nitrogen and oxygen atoms in total. The van der Waals surface area contributed by atoms with Crippen molar-refractivity contribution in [3.63, 3.8) is 0 Å². The van der Waals surface area contributed by atoms with Crippen molar-refractivity contribution >= 4 is 17.7 Å². The number of carbonyl (C=O) groups excluding carboxylic acids is 1. The summed E-state index contributed by atoms with van der Waals surface area (Å²) in [5.41, 5.74) is 5.87. The van der Waals surface area contributed by atoms with Crippen molar-refractivity contribution < 1.29 is 4.79 Å². The van der Waals surface area contributed by atoms with Gasteiger partial charge in [0, 0.05) is 23.8 Å². The van der Waals surface area contributed by atoms with E-state index in [0.717, 1.165) is 31.4 Å². The predicted octanol–water partition coefficient (Wildman–Crippen LogP) is 1.37. The van der Waals surface area contributed by atoms with E-state index in [4.69, 9.17) is 5.73 Å². The third kappa shape index (κ3) is 4.43. The number of amides is 1. The van der Waals surface area contributed by atoms with Gasteiger partial charge in [-0.2, -0.15) is 11.8 Å². The first-order valence-corrected chi connectivity index (χ1v) is 7.07. The predicted molar refractivity (Wildman–Crippen MR) is 65.9 cm³/mol. The minimum absolute atomic E-state index is 0.151. The standard InChI is InChI=1S/C11H22N2OS/c1-8(7-15-2)13-11(14)9-4-3-5-10(12)6-9/h8-10H,3-7,12H2,1-2H3,(H,13,14). The molecule has 0 heterocycles. The molecule has 3 unspecified atom stereocenters. The molecule has 0 saturated heterocycles. The van der Waals surface area contributed by atoms with Crippen LogP contribution < -0.4 is 11.1 Å². The van der Waals surface area contributed by atoms with E-state index in [1.54, 1.807) is 11.8 Å². The largest absolute Gasteiger partial charge is 0.353 e. The van der Waals surface area contributed by atoms with E-state index in [1.165, 1.54) is 0 Å². The lowest BCUT2D eigenvalue weighted by molar-refractivity contribution is -0.126. The van der Waals surface area contributed by atoms with Gasteiger partial charge < -0.3 is 11.1 Å². The monoisotopic (exact) mass is 230 g/mol. The van der Waals surface area contributed by atoms with Crippen LogP contribution in [0.15, 0.2) is 0 Å². The summed E-state index contributed by atoms with van der Waals surface area (Å²) >= 11 is 1.76. The van der Waals surface area contributed by atoms with Crippen LogP contribution in [0, 0.1) is 5.92 Å². The molecular formula is C11H22N2OS. The highest BCUT2D eigenvalue weighted by Gasteiger charge is 2.25. The second-order valence-corrected chi connectivity index (χ2v) is 5.40. The Labute approximate surface area is 96.6 Å². The van der Waals surface area contributed by atoms with Crippen molar-refractivity contribution in [1.29, 1.82) is 0 Å². The average molecular weight is 230 g/mol. The zero-order valence-corrected chi connectivity index (χ0v) is 10.5.